The summed E-state index contributed by atoms with van der Waals surface area (Å²) in [6.45, 7) is -0.119. The Morgan fingerprint density at radius 3 is 2.70 bits per heavy atom. The van der Waals surface area contributed by atoms with E-state index < -0.39 is 35.2 Å². The van der Waals surface area contributed by atoms with Gasteiger partial charge in [-0.2, -0.15) is 0 Å². The van der Waals surface area contributed by atoms with Crippen molar-refractivity contribution in [1.29, 1.82) is 0 Å². The molecule has 2 aromatic rings. The van der Waals surface area contributed by atoms with E-state index in [-0.39, 0.29) is 41.9 Å². The van der Waals surface area contributed by atoms with Gasteiger partial charge in [-0.15, -0.1) is 28.6 Å². The van der Waals surface area contributed by atoms with Crippen molar-refractivity contribution in [2.24, 2.45) is 5.73 Å². The number of carboxylic acid groups (broad SMARTS) is 1. The first kappa shape index (κ1) is 25.7. The van der Waals surface area contributed by atoms with E-state index in [0.717, 1.165) is 0 Å². The first-order chi connectivity index (χ1) is 15.4. The maximum atomic E-state index is 12.8. The Kier molecular flexibility index (Phi) is 8.61. The molecule has 0 spiro atoms. The number of fused-ring (bicyclic) bond motifs is 1. The number of benzene rings is 1. The summed E-state index contributed by atoms with van der Waals surface area (Å²) in [6.07, 6.45) is 1.53. The first-order valence-corrected chi connectivity index (χ1v) is 11.6. The SMILES string of the molecule is NC(C(=O)NC1C(=O)N2C(C(=O)O)=C(CSc3cnn[nH]3)CS[C@H]12)c1ccc(CO)cc1.[NaH]. The third kappa shape index (κ3) is 5.29. The summed E-state index contributed by atoms with van der Waals surface area (Å²) >= 11 is 2.74. The van der Waals surface area contributed by atoms with Crippen LogP contribution in [0.4, 0.5) is 0 Å². The molecule has 2 amide bonds. The number of H-pyrrole nitrogens is 1. The molecule has 14 heteroatoms. The number of hydrogen-bond acceptors (Lipinski definition) is 9. The van der Waals surface area contributed by atoms with Crippen molar-refractivity contribution in [3.8, 4) is 0 Å². The summed E-state index contributed by atoms with van der Waals surface area (Å²) in [5.41, 5.74) is 7.82. The van der Waals surface area contributed by atoms with Gasteiger partial charge < -0.3 is 21.3 Å². The molecule has 11 nitrogen and oxygen atoms in total. The molecule has 1 fully saturated rings. The molecule has 0 saturated carbocycles. The van der Waals surface area contributed by atoms with Crippen molar-refractivity contribution in [1.82, 2.24) is 25.6 Å². The number of nitrogens with zero attached hydrogens (tertiary/aromatic N) is 3. The van der Waals surface area contributed by atoms with Gasteiger partial charge in [0.2, 0.25) is 5.91 Å². The van der Waals surface area contributed by atoms with Crippen molar-refractivity contribution in [3.05, 3.63) is 52.9 Å². The summed E-state index contributed by atoms with van der Waals surface area (Å²) in [6, 6.07) is 4.77. The molecule has 0 aliphatic carbocycles. The predicted molar refractivity (Wildman–Crippen MR) is 123 cm³/mol. The monoisotopic (exact) mass is 500 g/mol. The van der Waals surface area contributed by atoms with E-state index in [4.69, 9.17) is 10.8 Å². The Morgan fingerprint density at radius 2 is 2.09 bits per heavy atom. The molecule has 1 saturated heterocycles. The second-order valence-electron chi connectivity index (χ2n) is 7.14. The molecule has 2 aliphatic heterocycles. The van der Waals surface area contributed by atoms with E-state index in [1.165, 1.54) is 34.6 Å². The molecule has 3 atom stereocenters. The molecule has 4 rings (SSSR count). The Bertz CT molecular complexity index is 1070. The van der Waals surface area contributed by atoms with Crippen LogP contribution in [0.3, 0.4) is 0 Å². The third-order valence-electron chi connectivity index (χ3n) is 5.15. The Balaban J connectivity index is 0.00000306. The molecule has 6 N–H and O–H groups in total. The number of aliphatic carboxylic acids is 1. The normalized spacial score (nSPS) is 20.4. The molecular formula is C19H21N6NaO5S2. The molecular weight excluding hydrogens is 479 g/mol. The van der Waals surface area contributed by atoms with Crippen molar-refractivity contribution >= 4 is 70.9 Å². The molecule has 3 heterocycles. The number of amides is 2. The van der Waals surface area contributed by atoms with Gasteiger partial charge in [0.25, 0.3) is 5.91 Å². The average molecular weight is 501 g/mol. The van der Waals surface area contributed by atoms with Gasteiger partial charge in [0.05, 0.1) is 12.8 Å². The zero-order valence-corrected chi connectivity index (χ0v) is 18.2. The number of aromatic amines is 1. The van der Waals surface area contributed by atoms with Gasteiger partial charge in [-0.1, -0.05) is 29.5 Å². The molecule has 2 unspecified atom stereocenters. The minimum atomic E-state index is -1.19. The molecule has 2 aliphatic rings. The Hall–Kier alpha value is -1.87. The first-order valence-electron chi connectivity index (χ1n) is 9.55. The minimum absolute atomic E-state index is 0. The number of aliphatic hydroxyl groups is 1. The number of hydrogen-bond donors (Lipinski definition) is 5. The van der Waals surface area contributed by atoms with E-state index >= 15 is 0 Å². The van der Waals surface area contributed by atoms with Crippen LogP contribution in [0.2, 0.25) is 0 Å². The van der Waals surface area contributed by atoms with Gasteiger partial charge in [-0.3, -0.25) is 19.6 Å². The standard InChI is InChI=1S/C19H20N6O5S2.Na.H/c20-13(10-3-1-9(6-26)2-4-10)16(27)22-14-17(28)25-15(19(29)30)11(8-32-18(14)25)7-31-12-5-21-24-23-12;;/h1-5,13-14,18,26H,6-8,20H2,(H,22,27)(H,29,30)(H,21,23,24);;/t13?,14?,18-;;/m1../s1. The van der Waals surface area contributed by atoms with Crippen molar-refractivity contribution < 1.29 is 24.6 Å². The molecule has 33 heavy (non-hydrogen) atoms. The summed E-state index contributed by atoms with van der Waals surface area (Å²) in [4.78, 5) is 38.5. The van der Waals surface area contributed by atoms with Crippen molar-refractivity contribution in [3.63, 3.8) is 0 Å². The van der Waals surface area contributed by atoms with E-state index in [0.29, 0.717) is 33.2 Å². The van der Waals surface area contributed by atoms with Crippen LogP contribution in [0.15, 0.2) is 46.8 Å². The van der Waals surface area contributed by atoms with E-state index in [9.17, 15) is 19.5 Å². The summed E-state index contributed by atoms with van der Waals surface area (Å²) in [5.74, 6) is -1.44. The van der Waals surface area contributed by atoms with Crippen LogP contribution < -0.4 is 11.1 Å². The van der Waals surface area contributed by atoms with Crippen molar-refractivity contribution in [2.45, 2.75) is 29.1 Å². The fourth-order valence-electron chi connectivity index (χ4n) is 3.44. The number of carbonyl (C=O) groups is 3. The van der Waals surface area contributed by atoms with Gasteiger partial charge in [-0.05, 0) is 16.7 Å². The van der Waals surface area contributed by atoms with Crippen LogP contribution in [-0.4, -0.2) is 101 Å². The van der Waals surface area contributed by atoms with Crippen LogP contribution in [-0.2, 0) is 21.0 Å². The topological polar surface area (TPSA) is 175 Å². The number of nitrogens with two attached hydrogens (primary N) is 1. The van der Waals surface area contributed by atoms with E-state index in [1.54, 1.807) is 24.3 Å². The molecule has 170 valence electrons. The number of aromatic nitrogens is 3. The Labute approximate surface area is 219 Å². The number of carbonyl (C=O) groups excluding carboxylic acids is 2. The molecule has 1 aromatic heterocycles. The number of nitrogens with one attached hydrogen (secondary N) is 2. The fourth-order valence-corrected chi connectivity index (χ4v) is 5.71. The summed E-state index contributed by atoms with van der Waals surface area (Å²) < 4.78 is 0. The maximum absolute atomic E-state index is 12.8. The summed E-state index contributed by atoms with van der Waals surface area (Å²) in [7, 11) is 0. The van der Waals surface area contributed by atoms with Gasteiger partial charge in [0.1, 0.15) is 28.2 Å². The number of rotatable bonds is 8. The second kappa shape index (κ2) is 11.0. The number of thioether (sulfide) groups is 2. The van der Waals surface area contributed by atoms with Crippen molar-refractivity contribution in [2.75, 3.05) is 11.5 Å². The molecule has 0 bridgehead atoms. The van der Waals surface area contributed by atoms with Gasteiger partial charge in [-0.25, -0.2) is 4.79 Å². The predicted octanol–water partition coefficient (Wildman–Crippen LogP) is -0.821. The summed E-state index contributed by atoms with van der Waals surface area (Å²) in [5, 5.41) is 31.7. The van der Waals surface area contributed by atoms with Crippen LogP contribution in [0, 0.1) is 0 Å². The average Bonchev–Trinajstić information content (AvgIpc) is 3.33. The van der Waals surface area contributed by atoms with Crippen LogP contribution >= 0.6 is 23.5 Å². The molecule has 0 radical (unpaired) electrons. The van der Waals surface area contributed by atoms with E-state index in [1.807, 2.05) is 0 Å². The van der Waals surface area contributed by atoms with Crippen LogP contribution in [0.5, 0.6) is 0 Å². The van der Waals surface area contributed by atoms with E-state index in [2.05, 4.69) is 20.7 Å². The third-order valence-corrected chi connectivity index (χ3v) is 7.49. The number of β-lactam (4-membered cyclic amide) rings is 1. The number of aliphatic hydroxyl groups excluding tert-OH is 1. The van der Waals surface area contributed by atoms with Crippen LogP contribution in [0.1, 0.15) is 17.2 Å². The molecule has 1 aromatic carbocycles. The second-order valence-corrected chi connectivity index (χ2v) is 9.26. The quantitative estimate of drug-likeness (QED) is 0.175. The Morgan fingerprint density at radius 1 is 1.36 bits per heavy atom. The van der Waals surface area contributed by atoms with Gasteiger partial charge >= 0.3 is 35.5 Å². The van der Waals surface area contributed by atoms with Gasteiger partial charge in [0, 0.05) is 11.5 Å². The van der Waals surface area contributed by atoms with Gasteiger partial charge in [0.15, 0.2) is 0 Å². The zero-order valence-electron chi connectivity index (χ0n) is 16.6. The van der Waals surface area contributed by atoms with Crippen LogP contribution in [0.25, 0.3) is 0 Å². The number of carboxylic acids is 1. The zero-order chi connectivity index (χ0) is 22.8. The fraction of sp³-hybridized carbons (Fsp3) is 0.316.